The van der Waals surface area contributed by atoms with Crippen molar-refractivity contribution in [2.75, 3.05) is 33.2 Å². The summed E-state index contributed by atoms with van der Waals surface area (Å²) in [4.78, 5) is 26.4. The molecule has 0 aromatic rings. The zero-order chi connectivity index (χ0) is 14.4. The van der Waals surface area contributed by atoms with E-state index in [9.17, 15) is 9.59 Å². The van der Waals surface area contributed by atoms with Gasteiger partial charge in [-0.15, -0.1) is 0 Å². The number of hydrogen-bond donors (Lipinski definition) is 3. The molecule has 1 heterocycles. The predicted molar refractivity (Wildman–Crippen MR) is 69.9 cm³/mol. The Labute approximate surface area is 113 Å². The molecule has 2 atom stereocenters. The molecular formula is C12H23N3O4. The Morgan fingerprint density at radius 2 is 2.11 bits per heavy atom. The van der Waals surface area contributed by atoms with Gasteiger partial charge in [-0.2, -0.15) is 0 Å². The molecule has 1 aliphatic heterocycles. The minimum Gasteiger partial charge on any atom is -0.479 e. The summed E-state index contributed by atoms with van der Waals surface area (Å²) in [5.74, 6) is -1.26. The Morgan fingerprint density at radius 3 is 2.74 bits per heavy atom. The van der Waals surface area contributed by atoms with Crippen molar-refractivity contribution in [3.8, 4) is 0 Å². The van der Waals surface area contributed by atoms with Crippen LogP contribution in [0, 0.1) is 0 Å². The van der Waals surface area contributed by atoms with Gasteiger partial charge in [-0.1, -0.05) is 0 Å². The lowest BCUT2D eigenvalue weighted by Gasteiger charge is -2.28. The highest BCUT2D eigenvalue weighted by molar-refractivity contribution is 5.75. The maximum atomic E-state index is 12.0. The fraction of sp³-hybridized carbons (Fsp3) is 0.833. The van der Waals surface area contributed by atoms with Gasteiger partial charge in [-0.25, -0.2) is 9.59 Å². The minimum absolute atomic E-state index is 0.0171. The Bertz CT molecular complexity index is 324. The van der Waals surface area contributed by atoms with E-state index in [1.807, 2.05) is 14.0 Å². The number of amides is 2. The summed E-state index contributed by atoms with van der Waals surface area (Å²) in [6, 6.07) is -0.0720. The van der Waals surface area contributed by atoms with Crippen molar-refractivity contribution in [1.82, 2.24) is 15.1 Å². The van der Waals surface area contributed by atoms with Crippen molar-refractivity contribution < 1.29 is 19.8 Å². The van der Waals surface area contributed by atoms with Gasteiger partial charge in [-0.05, 0) is 26.9 Å². The van der Waals surface area contributed by atoms with Gasteiger partial charge in [0.1, 0.15) is 0 Å². The first-order valence-electron chi connectivity index (χ1n) is 6.55. The van der Waals surface area contributed by atoms with Gasteiger partial charge in [0.25, 0.3) is 0 Å². The maximum Gasteiger partial charge on any atom is 0.332 e. The maximum absolute atomic E-state index is 12.0. The molecule has 1 saturated heterocycles. The van der Waals surface area contributed by atoms with Crippen molar-refractivity contribution in [3.63, 3.8) is 0 Å². The molecule has 0 bridgehead atoms. The average Bonchev–Trinajstić information content (AvgIpc) is 2.49. The smallest absolute Gasteiger partial charge is 0.332 e. The lowest BCUT2D eigenvalue weighted by Crippen LogP contribution is -2.47. The number of carboxylic acid groups (broad SMARTS) is 1. The number of hydrogen-bond acceptors (Lipinski definition) is 4. The number of likely N-dealkylation sites (N-methyl/N-ethyl adjacent to an activating group) is 1. The van der Waals surface area contributed by atoms with E-state index < -0.39 is 12.1 Å². The largest absolute Gasteiger partial charge is 0.479 e. The summed E-state index contributed by atoms with van der Waals surface area (Å²) in [6.45, 7) is 4.63. The van der Waals surface area contributed by atoms with Crippen LogP contribution >= 0.6 is 0 Å². The molecular weight excluding hydrogens is 250 g/mol. The highest BCUT2D eigenvalue weighted by atomic mass is 16.4. The van der Waals surface area contributed by atoms with E-state index in [4.69, 9.17) is 10.2 Å². The predicted octanol–water partition coefficient (Wildman–Crippen LogP) is -0.442. The van der Waals surface area contributed by atoms with Gasteiger partial charge < -0.3 is 25.3 Å². The number of urea groups is 1. The van der Waals surface area contributed by atoms with Crippen LogP contribution in [-0.2, 0) is 4.79 Å². The third-order valence-corrected chi connectivity index (χ3v) is 3.29. The van der Waals surface area contributed by atoms with E-state index in [-0.39, 0.29) is 25.0 Å². The van der Waals surface area contributed by atoms with Gasteiger partial charge in [0.05, 0.1) is 0 Å². The first kappa shape index (κ1) is 15.7. The molecule has 1 rings (SSSR count). The zero-order valence-electron chi connectivity index (χ0n) is 11.5. The highest BCUT2D eigenvalue weighted by Gasteiger charge is 2.24. The Hall–Kier alpha value is -1.34. The minimum atomic E-state index is -1.42. The molecule has 2 unspecified atom stereocenters. The molecule has 0 aromatic heterocycles. The van der Waals surface area contributed by atoms with Crippen LogP contribution in [0.2, 0.25) is 0 Å². The molecule has 1 fully saturated rings. The summed E-state index contributed by atoms with van der Waals surface area (Å²) < 4.78 is 0. The SMILES string of the molecule is CC1CN(C)CCCN1C(=O)NCCC(O)C(=O)O. The first-order chi connectivity index (χ1) is 8.91. The molecule has 0 aromatic carbocycles. The van der Waals surface area contributed by atoms with Gasteiger partial charge in [-0.3, -0.25) is 0 Å². The van der Waals surface area contributed by atoms with Crippen LogP contribution in [-0.4, -0.2) is 77.4 Å². The summed E-state index contributed by atoms with van der Waals surface area (Å²) >= 11 is 0. The number of aliphatic carboxylic acids is 1. The number of aliphatic hydroxyl groups excluding tert-OH is 1. The van der Waals surface area contributed by atoms with Crippen molar-refractivity contribution in [1.29, 1.82) is 0 Å². The number of nitrogens with one attached hydrogen (secondary N) is 1. The van der Waals surface area contributed by atoms with Gasteiger partial charge in [0.15, 0.2) is 6.10 Å². The van der Waals surface area contributed by atoms with Crippen LogP contribution in [0.5, 0.6) is 0 Å². The van der Waals surface area contributed by atoms with Crippen LogP contribution in [0.4, 0.5) is 4.79 Å². The number of aliphatic hydroxyl groups is 1. The zero-order valence-corrected chi connectivity index (χ0v) is 11.5. The van der Waals surface area contributed by atoms with Crippen molar-refractivity contribution in [2.24, 2.45) is 0 Å². The van der Waals surface area contributed by atoms with Gasteiger partial charge in [0, 0.05) is 32.1 Å². The first-order valence-corrected chi connectivity index (χ1v) is 6.55. The van der Waals surface area contributed by atoms with E-state index in [2.05, 4.69) is 10.2 Å². The number of carbonyl (C=O) groups is 2. The summed E-state index contributed by atoms with van der Waals surface area (Å²) in [6.07, 6.45) is -0.483. The van der Waals surface area contributed by atoms with Crippen LogP contribution in [0.25, 0.3) is 0 Å². The lowest BCUT2D eigenvalue weighted by molar-refractivity contribution is -0.146. The molecule has 0 saturated carbocycles. The van der Waals surface area contributed by atoms with Crippen LogP contribution in [0.1, 0.15) is 19.8 Å². The van der Waals surface area contributed by atoms with E-state index >= 15 is 0 Å². The Balaban J connectivity index is 2.37. The number of rotatable bonds is 4. The van der Waals surface area contributed by atoms with Crippen LogP contribution in [0.3, 0.4) is 0 Å². The molecule has 7 heteroatoms. The number of carboxylic acids is 1. The van der Waals surface area contributed by atoms with Crippen LogP contribution < -0.4 is 5.32 Å². The average molecular weight is 273 g/mol. The normalized spacial score (nSPS) is 22.7. The summed E-state index contributed by atoms with van der Waals surface area (Å²) in [5.41, 5.74) is 0. The third kappa shape index (κ3) is 5.04. The van der Waals surface area contributed by atoms with Gasteiger partial charge in [0.2, 0.25) is 0 Å². The molecule has 0 spiro atoms. The molecule has 1 aliphatic rings. The van der Waals surface area contributed by atoms with Crippen LogP contribution in [0.15, 0.2) is 0 Å². The van der Waals surface area contributed by atoms with E-state index in [0.29, 0.717) is 6.54 Å². The molecule has 3 N–H and O–H groups in total. The Morgan fingerprint density at radius 1 is 1.42 bits per heavy atom. The Kier molecular flexibility index (Phi) is 6.04. The molecule has 110 valence electrons. The van der Waals surface area contributed by atoms with Crippen molar-refractivity contribution >= 4 is 12.0 Å². The van der Waals surface area contributed by atoms with Crippen molar-refractivity contribution in [3.05, 3.63) is 0 Å². The number of carbonyl (C=O) groups excluding carboxylic acids is 1. The summed E-state index contributed by atoms with van der Waals surface area (Å²) in [7, 11) is 2.03. The van der Waals surface area contributed by atoms with Gasteiger partial charge >= 0.3 is 12.0 Å². The quantitative estimate of drug-likeness (QED) is 0.645. The molecule has 7 nitrogen and oxygen atoms in total. The molecule has 0 aliphatic carbocycles. The third-order valence-electron chi connectivity index (χ3n) is 3.29. The highest BCUT2D eigenvalue weighted by Crippen LogP contribution is 2.08. The monoisotopic (exact) mass is 273 g/mol. The number of nitrogens with zero attached hydrogens (tertiary/aromatic N) is 2. The fourth-order valence-corrected chi connectivity index (χ4v) is 2.21. The second kappa shape index (κ2) is 7.30. The molecule has 2 amide bonds. The van der Waals surface area contributed by atoms with E-state index in [1.54, 1.807) is 4.90 Å². The topological polar surface area (TPSA) is 93.1 Å². The van der Waals surface area contributed by atoms with Crippen molar-refractivity contribution in [2.45, 2.75) is 31.9 Å². The summed E-state index contributed by atoms with van der Waals surface area (Å²) in [5, 5.41) is 20.3. The molecule has 0 radical (unpaired) electrons. The second-order valence-corrected chi connectivity index (χ2v) is 5.03. The lowest BCUT2D eigenvalue weighted by atomic mass is 10.2. The van der Waals surface area contributed by atoms with E-state index in [0.717, 1.165) is 19.5 Å². The van der Waals surface area contributed by atoms with E-state index in [1.165, 1.54) is 0 Å². The second-order valence-electron chi connectivity index (χ2n) is 5.03. The standard InChI is InChI=1S/C12H23N3O4/c1-9-8-14(2)6-3-7-15(9)12(19)13-5-4-10(16)11(17)18/h9-10,16H,3-8H2,1-2H3,(H,13,19)(H,17,18). The molecule has 19 heavy (non-hydrogen) atoms. The fourth-order valence-electron chi connectivity index (χ4n) is 2.21.